The summed E-state index contributed by atoms with van der Waals surface area (Å²) in [5.41, 5.74) is 1.46. The van der Waals surface area contributed by atoms with Crippen LogP contribution in [0.4, 0.5) is 0 Å². The molecule has 0 saturated carbocycles. The zero-order valence-corrected chi connectivity index (χ0v) is 14.4. The van der Waals surface area contributed by atoms with Crippen LogP contribution in [0.1, 0.15) is 17.5 Å². The van der Waals surface area contributed by atoms with Crippen molar-refractivity contribution < 1.29 is 8.42 Å². The normalized spacial score (nSPS) is 17.9. The van der Waals surface area contributed by atoms with Crippen LogP contribution in [0.15, 0.2) is 17.0 Å². The molecule has 1 aromatic carbocycles. The number of rotatable bonds is 3. The van der Waals surface area contributed by atoms with Crippen LogP contribution in [-0.2, 0) is 15.9 Å². The van der Waals surface area contributed by atoms with E-state index in [1.165, 1.54) is 6.07 Å². The lowest BCUT2D eigenvalue weighted by atomic mass is 10.1. The number of halogens is 2. The van der Waals surface area contributed by atoms with Crippen molar-refractivity contribution in [1.29, 1.82) is 0 Å². The largest absolute Gasteiger partial charge is 0.243 e. The first-order valence-electron chi connectivity index (χ1n) is 6.39. The third-order valence-corrected chi connectivity index (χ3v) is 6.95. The molecule has 3 nitrogen and oxygen atoms in total. The molecule has 1 aromatic rings. The molecule has 1 heterocycles. The van der Waals surface area contributed by atoms with Crippen molar-refractivity contribution in [2.24, 2.45) is 0 Å². The lowest BCUT2D eigenvalue weighted by Crippen LogP contribution is -2.33. The highest BCUT2D eigenvalue weighted by Gasteiger charge is 2.27. The van der Waals surface area contributed by atoms with Gasteiger partial charge in [-0.05, 0) is 42.4 Å². The number of alkyl halides is 1. The van der Waals surface area contributed by atoms with E-state index in [0.717, 1.165) is 23.5 Å². The van der Waals surface area contributed by atoms with Crippen LogP contribution in [0.2, 0.25) is 5.02 Å². The lowest BCUT2D eigenvalue weighted by Gasteiger charge is -2.21. The molecule has 0 aromatic heterocycles. The SMILES string of the molecule is Cc1c(CCl)cc(Cl)cc1S(=O)(=O)N1CCCSCC1. The fraction of sp³-hybridized carbons (Fsp3) is 0.538. The van der Waals surface area contributed by atoms with E-state index in [1.807, 2.05) is 0 Å². The van der Waals surface area contributed by atoms with Crippen LogP contribution in [0.5, 0.6) is 0 Å². The Hall–Kier alpha value is 0.0600. The summed E-state index contributed by atoms with van der Waals surface area (Å²) >= 11 is 13.7. The van der Waals surface area contributed by atoms with Gasteiger partial charge < -0.3 is 0 Å². The van der Waals surface area contributed by atoms with Gasteiger partial charge in [-0.15, -0.1) is 11.6 Å². The molecule has 0 amide bonds. The van der Waals surface area contributed by atoms with Crippen LogP contribution in [0, 0.1) is 6.92 Å². The molecule has 112 valence electrons. The van der Waals surface area contributed by atoms with Crippen molar-refractivity contribution in [3.8, 4) is 0 Å². The number of hydrogen-bond donors (Lipinski definition) is 0. The van der Waals surface area contributed by atoms with E-state index in [4.69, 9.17) is 23.2 Å². The first kappa shape index (κ1) is 16.4. The van der Waals surface area contributed by atoms with Gasteiger partial charge in [0.2, 0.25) is 10.0 Å². The van der Waals surface area contributed by atoms with Crippen molar-refractivity contribution in [1.82, 2.24) is 4.31 Å². The van der Waals surface area contributed by atoms with Crippen LogP contribution in [0.3, 0.4) is 0 Å². The fourth-order valence-corrected chi connectivity index (χ4v) is 5.58. The highest BCUT2D eigenvalue weighted by atomic mass is 35.5. The zero-order chi connectivity index (χ0) is 14.8. The molecule has 0 radical (unpaired) electrons. The molecule has 0 N–H and O–H groups in total. The van der Waals surface area contributed by atoms with Crippen LogP contribution in [0.25, 0.3) is 0 Å². The molecule has 1 aliphatic heterocycles. The Bertz CT molecular complexity index is 582. The second-order valence-electron chi connectivity index (χ2n) is 4.69. The van der Waals surface area contributed by atoms with Crippen LogP contribution in [-0.4, -0.2) is 37.3 Å². The van der Waals surface area contributed by atoms with Gasteiger partial charge in [-0.25, -0.2) is 8.42 Å². The minimum Gasteiger partial charge on any atom is -0.207 e. The first-order valence-corrected chi connectivity index (χ1v) is 9.90. The van der Waals surface area contributed by atoms with Crippen molar-refractivity contribution in [2.45, 2.75) is 24.1 Å². The van der Waals surface area contributed by atoms with Gasteiger partial charge in [0.05, 0.1) is 4.90 Å². The number of sulfonamides is 1. The summed E-state index contributed by atoms with van der Waals surface area (Å²) < 4.78 is 27.2. The third-order valence-electron chi connectivity index (χ3n) is 3.38. The maximum atomic E-state index is 12.8. The summed E-state index contributed by atoms with van der Waals surface area (Å²) in [6, 6.07) is 3.25. The molecule has 7 heteroatoms. The molecule has 1 fully saturated rings. The minimum atomic E-state index is -3.49. The lowest BCUT2D eigenvalue weighted by molar-refractivity contribution is 0.434. The monoisotopic (exact) mass is 353 g/mol. The highest BCUT2D eigenvalue weighted by Crippen LogP contribution is 2.29. The molecule has 2 rings (SSSR count). The molecule has 0 atom stereocenters. The standard InChI is InChI=1S/C13H17Cl2NO2S2/c1-10-11(9-14)7-12(15)8-13(10)20(17,18)16-3-2-5-19-6-4-16/h7-8H,2-6,9H2,1H3. The summed E-state index contributed by atoms with van der Waals surface area (Å²) in [6.45, 7) is 2.90. The van der Waals surface area contributed by atoms with E-state index in [1.54, 1.807) is 29.1 Å². The molecule has 1 aliphatic rings. The van der Waals surface area contributed by atoms with Gasteiger partial charge in [0.1, 0.15) is 0 Å². The van der Waals surface area contributed by atoms with Crippen molar-refractivity contribution >= 4 is 45.0 Å². The van der Waals surface area contributed by atoms with E-state index >= 15 is 0 Å². The third kappa shape index (κ3) is 3.45. The van der Waals surface area contributed by atoms with Gasteiger partial charge in [-0.1, -0.05) is 11.6 Å². The second-order valence-corrected chi connectivity index (χ2v) is 8.53. The van der Waals surface area contributed by atoms with Gasteiger partial charge in [-0.3, -0.25) is 0 Å². The maximum Gasteiger partial charge on any atom is 0.243 e. The van der Waals surface area contributed by atoms with Crippen LogP contribution < -0.4 is 0 Å². The predicted octanol–water partition coefficient (Wildman–Crippen LogP) is 3.51. The summed E-state index contributed by atoms with van der Waals surface area (Å²) in [5, 5.41) is 0.411. The van der Waals surface area contributed by atoms with Crippen molar-refractivity contribution in [2.75, 3.05) is 24.6 Å². The quantitative estimate of drug-likeness (QED) is 0.780. The first-order chi connectivity index (χ1) is 9.46. The Labute approximate surface area is 134 Å². The second kappa shape index (κ2) is 6.88. The summed E-state index contributed by atoms with van der Waals surface area (Å²) in [4.78, 5) is 0.285. The van der Waals surface area contributed by atoms with E-state index < -0.39 is 10.0 Å². The van der Waals surface area contributed by atoms with E-state index in [2.05, 4.69) is 0 Å². The summed E-state index contributed by atoms with van der Waals surface area (Å²) in [6.07, 6.45) is 0.881. The molecule has 0 aliphatic carbocycles. The predicted molar refractivity (Wildman–Crippen MR) is 86.4 cm³/mol. The van der Waals surface area contributed by atoms with Gasteiger partial charge in [-0.2, -0.15) is 16.1 Å². The van der Waals surface area contributed by atoms with Gasteiger partial charge in [0, 0.05) is 29.7 Å². The van der Waals surface area contributed by atoms with Gasteiger partial charge >= 0.3 is 0 Å². The number of thioether (sulfide) groups is 1. The van der Waals surface area contributed by atoms with Gasteiger partial charge in [0.15, 0.2) is 0 Å². The van der Waals surface area contributed by atoms with E-state index in [9.17, 15) is 8.42 Å². The van der Waals surface area contributed by atoms with Crippen molar-refractivity contribution in [3.05, 3.63) is 28.3 Å². The summed E-state index contributed by atoms with van der Waals surface area (Å²) in [7, 11) is -3.49. The molecule has 0 unspecified atom stereocenters. The van der Waals surface area contributed by atoms with E-state index in [-0.39, 0.29) is 10.8 Å². The molecule has 20 heavy (non-hydrogen) atoms. The smallest absolute Gasteiger partial charge is 0.207 e. The number of nitrogens with zero attached hydrogens (tertiary/aromatic N) is 1. The Morgan fingerprint density at radius 3 is 2.75 bits per heavy atom. The van der Waals surface area contributed by atoms with Crippen LogP contribution >= 0.6 is 35.0 Å². The Kier molecular flexibility index (Phi) is 5.65. The van der Waals surface area contributed by atoms with Crippen molar-refractivity contribution in [3.63, 3.8) is 0 Å². The maximum absolute atomic E-state index is 12.8. The Morgan fingerprint density at radius 2 is 2.05 bits per heavy atom. The molecule has 0 bridgehead atoms. The molecular formula is C13H17Cl2NO2S2. The molecular weight excluding hydrogens is 337 g/mol. The highest BCUT2D eigenvalue weighted by molar-refractivity contribution is 7.99. The van der Waals surface area contributed by atoms with Gasteiger partial charge in [0.25, 0.3) is 0 Å². The Balaban J connectivity index is 2.45. The molecule has 0 spiro atoms. The minimum absolute atomic E-state index is 0.255. The average Bonchev–Trinajstić information content (AvgIpc) is 2.70. The zero-order valence-electron chi connectivity index (χ0n) is 11.2. The Morgan fingerprint density at radius 1 is 1.30 bits per heavy atom. The van der Waals surface area contributed by atoms with E-state index in [0.29, 0.717) is 23.7 Å². The fourth-order valence-electron chi connectivity index (χ4n) is 2.22. The number of benzene rings is 1. The number of hydrogen-bond acceptors (Lipinski definition) is 3. The average molecular weight is 354 g/mol. The topological polar surface area (TPSA) is 37.4 Å². The summed E-state index contributed by atoms with van der Waals surface area (Å²) in [5.74, 6) is 2.10. The molecule has 1 saturated heterocycles.